The number of benzene rings is 1. The number of amides is 1. The van der Waals surface area contributed by atoms with E-state index in [0.717, 1.165) is 31.1 Å². The summed E-state index contributed by atoms with van der Waals surface area (Å²) in [5.74, 6) is -0.104. The SMILES string of the molecule is O=C(Nc1ccc2c(c1)CCN(C1CCC1)CC2)c1cccnc1. The topological polar surface area (TPSA) is 45.2 Å². The summed E-state index contributed by atoms with van der Waals surface area (Å²) in [5, 5.41) is 2.99. The van der Waals surface area contributed by atoms with Crippen LogP contribution in [0.5, 0.6) is 0 Å². The van der Waals surface area contributed by atoms with Crippen LogP contribution >= 0.6 is 0 Å². The lowest BCUT2D eigenvalue weighted by Crippen LogP contribution is -2.41. The summed E-state index contributed by atoms with van der Waals surface area (Å²) in [6.07, 6.45) is 9.57. The van der Waals surface area contributed by atoms with Crippen LogP contribution in [0.3, 0.4) is 0 Å². The molecule has 2 heterocycles. The molecule has 1 fully saturated rings. The number of hydrogen-bond donors (Lipinski definition) is 1. The number of fused-ring (bicyclic) bond motifs is 1. The average Bonchev–Trinajstić information content (AvgIpc) is 2.77. The van der Waals surface area contributed by atoms with E-state index in [1.54, 1.807) is 24.5 Å². The molecule has 0 saturated heterocycles. The first-order chi connectivity index (χ1) is 11.8. The molecule has 0 bridgehead atoms. The summed E-state index contributed by atoms with van der Waals surface area (Å²) in [6.45, 7) is 2.30. The third kappa shape index (κ3) is 3.20. The molecule has 4 rings (SSSR count). The maximum absolute atomic E-state index is 12.3. The molecule has 4 heteroatoms. The molecule has 1 aromatic heterocycles. The van der Waals surface area contributed by atoms with Crippen molar-refractivity contribution in [2.75, 3.05) is 18.4 Å². The molecular weight excluding hydrogens is 298 g/mol. The molecule has 1 aliphatic heterocycles. The van der Waals surface area contributed by atoms with E-state index in [1.807, 2.05) is 6.07 Å². The highest BCUT2D eigenvalue weighted by Crippen LogP contribution is 2.28. The van der Waals surface area contributed by atoms with Gasteiger partial charge in [0.15, 0.2) is 0 Å². The molecule has 1 aliphatic carbocycles. The summed E-state index contributed by atoms with van der Waals surface area (Å²) in [5.41, 5.74) is 4.26. The van der Waals surface area contributed by atoms with Gasteiger partial charge < -0.3 is 5.32 Å². The number of pyridine rings is 1. The Balaban J connectivity index is 1.46. The molecule has 1 amide bonds. The molecule has 2 aromatic rings. The number of carbonyl (C=O) groups excluding carboxylic acids is 1. The van der Waals surface area contributed by atoms with Gasteiger partial charge in [-0.25, -0.2) is 0 Å². The molecule has 0 radical (unpaired) electrons. The molecule has 24 heavy (non-hydrogen) atoms. The summed E-state index contributed by atoms with van der Waals surface area (Å²) in [4.78, 5) is 18.9. The first-order valence-electron chi connectivity index (χ1n) is 8.87. The normalized spacial score (nSPS) is 18.3. The van der Waals surface area contributed by atoms with Crippen LogP contribution in [0, 0.1) is 0 Å². The Labute approximate surface area is 142 Å². The highest BCUT2D eigenvalue weighted by Gasteiger charge is 2.26. The first-order valence-corrected chi connectivity index (χ1v) is 8.87. The van der Waals surface area contributed by atoms with E-state index in [1.165, 1.54) is 36.9 Å². The Morgan fingerprint density at radius 1 is 1.12 bits per heavy atom. The molecule has 0 atom stereocenters. The molecule has 1 aromatic carbocycles. The number of hydrogen-bond acceptors (Lipinski definition) is 3. The molecule has 1 N–H and O–H groups in total. The minimum atomic E-state index is -0.104. The summed E-state index contributed by atoms with van der Waals surface area (Å²) in [6, 6.07) is 10.7. The molecule has 124 valence electrons. The second-order valence-electron chi connectivity index (χ2n) is 6.80. The van der Waals surface area contributed by atoms with Crippen molar-refractivity contribution in [3.8, 4) is 0 Å². The van der Waals surface area contributed by atoms with Crippen molar-refractivity contribution >= 4 is 11.6 Å². The van der Waals surface area contributed by atoms with Crippen molar-refractivity contribution in [3.63, 3.8) is 0 Å². The maximum atomic E-state index is 12.3. The lowest BCUT2D eigenvalue weighted by molar-refractivity contribution is 0.102. The van der Waals surface area contributed by atoms with Crippen molar-refractivity contribution in [2.24, 2.45) is 0 Å². The predicted octanol–water partition coefficient (Wildman–Crippen LogP) is 3.29. The fraction of sp³-hybridized carbons (Fsp3) is 0.400. The van der Waals surface area contributed by atoms with Gasteiger partial charge >= 0.3 is 0 Å². The Kier molecular flexibility index (Phi) is 4.30. The number of nitrogens with zero attached hydrogens (tertiary/aromatic N) is 2. The van der Waals surface area contributed by atoms with E-state index >= 15 is 0 Å². The van der Waals surface area contributed by atoms with Crippen LogP contribution in [-0.4, -0.2) is 34.9 Å². The van der Waals surface area contributed by atoms with E-state index in [2.05, 4.69) is 27.3 Å². The number of rotatable bonds is 3. The molecule has 1 saturated carbocycles. The zero-order valence-electron chi connectivity index (χ0n) is 13.9. The van der Waals surface area contributed by atoms with E-state index in [-0.39, 0.29) is 5.91 Å². The third-order valence-corrected chi connectivity index (χ3v) is 5.32. The van der Waals surface area contributed by atoms with Gasteiger partial charge in [-0.3, -0.25) is 14.7 Å². The highest BCUT2D eigenvalue weighted by atomic mass is 16.1. The van der Waals surface area contributed by atoms with E-state index in [0.29, 0.717) is 5.56 Å². The van der Waals surface area contributed by atoms with Crippen molar-refractivity contribution < 1.29 is 4.79 Å². The second kappa shape index (κ2) is 6.73. The van der Waals surface area contributed by atoms with Crippen molar-refractivity contribution in [2.45, 2.75) is 38.1 Å². The van der Waals surface area contributed by atoms with Gasteiger partial charge in [-0.2, -0.15) is 0 Å². The van der Waals surface area contributed by atoms with Crippen LogP contribution in [-0.2, 0) is 12.8 Å². The fourth-order valence-electron chi connectivity index (χ4n) is 3.64. The first kappa shape index (κ1) is 15.3. The highest BCUT2D eigenvalue weighted by molar-refractivity contribution is 6.04. The number of nitrogens with one attached hydrogen (secondary N) is 1. The lowest BCUT2D eigenvalue weighted by atomic mass is 9.91. The van der Waals surface area contributed by atoms with Crippen molar-refractivity contribution in [1.82, 2.24) is 9.88 Å². The van der Waals surface area contributed by atoms with Crippen LogP contribution in [0.4, 0.5) is 5.69 Å². The van der Waals surface area contributed by atoms with Crippen LogP contribution in [0.1, 0.15) is 40.7 Å². The van der Waals surface area contributed by atoms with Crippen LogP contribution < -0.4 is 5.32 Å². The molecule has 0 spiro atoms. The van der Waals surface area contributed by atoms with E-state index < -0.39 is 0 Å². The van der Waals surface area contributed by atoms with E-state index in [4.69, 9.17) is 0 Å². The fourth-order valence-corrected chi connectivity index (χ4v) is 3.64. The predicted molar refractivity (Wildman–Crippen MR) is 95.3 cm³/mol. The van der Waals surface area contributed by atoms with Crippen molar-refractivity contribution in [1.29, 1.82) is 0 Å². The zero-order chi connectivity index (χ0) is 16.4. The minimum Gasteiger partial charge on any atom is -0.322 e. The van der Waals surface area contributed by atoms with Gasteiger partial charge in [0.1, 0.15) is 0 Å². The molecule has 0 unspecified atom stereocenters. The van der Waals surface area contributed by atoms with Crippen LogP contribution in [0.25, 0.3) is 0 Å². The summed E-state index contributed by atoms with van der Waals surface area (Å²) >= 11 is 0. The lowest BCUT2D eigenvalue weighted by Gasteiger charge is -2.36. The van der Waals surface area contributed by atoms with Gasteiger partial charge in [0.25, 0.3) is 5.91 Å². The number of anilines is 1. The molecule has 4 nitrogen and oxygen atoms in total. The number of aromatic nitrogens is 1. The van der Waals surface area contributed by atoms with Gasteiger partial charge in [0.2, 0.25) is 0 Å². The smallest absolute Gasteiger partial charge is 0.257 e. The Morgan fingerprint density at radius 2 is 1.96 bits per heavy atom. The Hall–Kier alpha value is -2.20. The zero-order valence-corrected chi connectivity index (χ0v) is 13.9. The van der Waals surface area contributed by atoms with Crippen LogP contribution in [0.2, 0.25) is 0 Å². The average molecular weight is 321 g/mol. The monoisotopic (exact) mass is 321 g/mol. The van der Waals surface area contributed by atoms with Gasteiger partial charge in [-0.15, -0.1) is 0 Å². The standard InChI is InChI=1S/C20H23N3O/c24-20(17-3-2-10-21-14-17)22-18-7-6-15-8-11-23(19-4-1-5-19)12-9-16(15)13-18/h2-3,6-7,10,13-14,19H,1,4-5,8-9,11-12H2,(H,22,24). The molecule has 2 aliphatic rings. The van der Waals surface area contributed by atoms with Gasteiger partial charge in [-0.1, -0.05) is 12.5 Å². The Morgan fingerprint density at radius 3 is 2.67 bits per heavy atom. The van der Waals surface area contributed by atoms with Crippen molar-refractivity contribution in [3.05, 3.63) is 59.4 Å². The van der Waals surface area contributed by atoms with Gasteiger partial charge in [0.05, 0.1) is 5.56 Å². The third-order valence-electron chi connectivity index (χ3n) is 5.32. The summed E-state index contributed by atoms with van der Waals surface area (Å²) < 4.78 is 0. The van der Waals surface area contributed by atoms with Gasteiger partial charge in [0, 0.05) is 37.2 Å². The quantitative estimate of drug-likeness (QED) is 0.943. The van der Waals surface area contributed by atoms with Crippen LogP contribution in [0.15, 0.2) is 42.7 Å². The minimum absolute atomic E-state index is 0.104. The second-order valence-corrected chi connectivity index (χ2v) is 6.80. The largest absolute Gasteiger partial charge is 0.322 e. The van der Waals surface area contributed by atoms with Gasteiger partial charge in [-0.05, 0) is 61.1 Å². The maximum Gasteiger partial charge on any atom is 0.257 e. The van der Waals surface area contributed by atoms with E-state index in [9.17, 15) is 4.79 Å². The Bertz CT molecular complexity index is 725. The summed E-state index contributed by atoms with van der Waals surface area (Å²) in [7, 11) is 0. The number of carbonyl (C=O) groups is 1. The molecular formula is C20H23N3O.